The Morgan fingerprint density at radius 1 is 1.53 bits per heavy atom. The molecule has 88 valence electrons. The average Bonchev–Trinajstić information content (AvgIpc) is 2.69. The van der Waals surface area contributed by atoms with Crippen molar-refractivity contribution in [3.63, 3.8) is 0 Å². The molecule has 17 heavy (non-hydrogen) atoms. The number of tetrazole rings is 1. The van der Waals surface area contributed by atoms with E-state index in [1.807, 2.05) is 0 Å². The average molecular weight is 236 g/mol. The quantitative estimate of drug-likeness (QED) is 0.855. The maximum absolute atomic E-state index is 13.1. The number of rotatable bonds is 3. The minimum Gasteiger partial charge on any atom is -0.480 e. The Morgan fingerprint density at radius 3 is 2.94 bits per heavy atom. The molecule has 1 aromatic heterocycles. The first-order chi connectivity index (χ1) is 8.08. The van der Waals surface area contributed by atoms with E-state index in [1.54, 1.807) is 13.0 Å². The van der Waals surface area contributed by atoms with E-state index in [2.05, 4.69) is 15.5 Å². The SMILES string of the molecule is Cc1cc(-c2nnnn2CC(=O)O)ccc1F. The van der Waals surface area contributed by atoms with Gasteiger partial charge in [-0.2, -0.15) is 0 Å². The molecule has 0 aliphatic heterocycles. The third kappa shape index (κ3) is 2.27. The Bertz CT molecular complexity index is 567. The highest BCUT2D eigenvalue weighted by Crippen LogP contribution is 2.18. The number of carboxylic acid groups (broad SMARTS) is 1. The van der Waals surface area contributed by atoms with Crippen LogP contribution in [0.2, 0.25) is 0 Å². The van der Waals surface area contributed by atoms with Crippen LogP contribution in [-0.4, -0.2) is 31.3 Å². The van der Waals surface area contributed by atoms with Crippen molar-refractivity contribution in [3.05, 3.63) is 29.6 Å². The van der Waals surface area contributed by atoms with Crippen molar-refractivity contribution in [1.29, 1.82) is 0 Å². The predicted molar refractivity (Wildman–Crippen MR) is 55.6 cm³/mol. The van der Waals surface area contributed by atoms with Crippen LogP contribution in [0.25, 0.3) is 11.4 Å². The molecule has 7 heteroatoms. The molecule has 0 unspecified atom stereocenters. The van der Waals surface area contributed by atoms with E-state index >= 15 is 0 Å². The number of nitrogens with zero attached hydrogens (tertiary/aromatic N) is 4. The number of hydrogen-bond donors (Lipinski definition) is 1. The molecule has 1 heterocycles. The second kappa shape index (κ2) is 4.28. The molecule has 0 aliphatic carbocycles. The lowest BCUT2D eigenvalue weighted by Gasteiger charge is -2.03. The van der Waals surface area contributed by atoms with Gasteiger partial charge in [0.2, 0.25) is 0 Å². The summed E-state index contributed by atoms with van der Waals surface area (Å²) in [6, 6.07) is 4.37. The summed E-state index contributed by atoms with van der Waals surface area (Å²) >= 11 is 0. The molecule has 0 saturated carbocycles. The summed E-state index contributed by atoms with van der Waals surface area (Å²) in [5.41, 5.74) is 1.03. The van der Waals surface area contributed by atoms with E-state index in [0.717, 1.165) is 4.68 Å². The fourth-order valence-corrected chi connectivity index (χ4v) is 1.43. The summed E-state index contributed by atoms with van der Waals surface area (Å²) in [7, 11) is 0. The van der Waals surface area contributed by atoms with Crippen molar-refractivity contribution in [2.75, 3.05) is 0 Å². The summed E-state index contributed by atoms with van der Waals surface area (Å²) in [6.07, 6.45) is 0. The monoisotopic (exact) mass is 236 g/mol. The van der Waals surface area contributed by atoms with Crippen LogP contribution in [0.15, 0.2) is 18.2 Å². The Hall–Kier alpha value is -2.31. The smallest absolute Gasteiger partial charge is 0.325 e. The van der Waals surface area contributed by atoms with E-state index in [9.17, 15) is 9.18 Å². The summed E-state index contributed by atoms with van der Waals surface area (Å²) in [5, 5.41) is 19.4. The van der Waals surface area contributed by atoms with Gasteiger partial charge in [-0.05, 0) is 41.1 Å². The number of aliphatic carboxylic acids is 1. The van der Waals surface area contributed by atoms with Crippen molar-refractivity contribution in [1.82, 2.24) is 20.2 Å². The molecule has 0 saturated heterocycles. The van der Waals surface area contributed by atoms with Crippen LogP contribution in [0, 0.1) is 12.7 Å². The number of hydrogen-bond acceptors (Lipinski definition) is 4. The molecule has 6 nitrogen and oxygen atoms in total. The number of carboxylic acids is 1. The molecule has 0 fully saturated rings. The maximum atomic E-state index is 13.1. The van der Waals surface area contributed by atoms with Gasteiger partial charge >= 0.3 is 5.97 Å². The number of aryl methyl sites for hydroxylation is 1. The lowest BCUT2D eigenvalue weighted by molar-refractivity contribution is -0.137. The van der Waals surface area contributed by atoms with Gasteiger partial charge < -0.3 is 5.11 Å². The number of carbonyl (C=O) groups is 1. The summed E-state index contributed by atoms with van der Waals surface area (Å²) < 4.78 is 14.2. The lowest BCUT2D eigenvalue weighted by atomic mass is 10.1. The summed E-state index contributed by atoms with van der Waals surface area (Å²) in [4.78, 5) is 10.6. The zero-order chi connectivity index (χ0) is 12.4. The second-order valence-corrected chi connectivity index (χ2v) is 3.52. The molecule has 1 N–H and O–H groups in total. The number of halogens is 1. The normalized spacial score (nSPS) is 10.5. The van der Waals surface area contributed by atoms with Crippen LogP contribution >= 0.6 is 0 Å². The highest BCUT2D eigenvalue weighted by atomic mass is 19.1. The van der Waals surface area contributed by atoms with Crippen molar-refractivity contribution in [2.45, 2.75) is 13.5 Å². The third-order valence-electron chi connectivity index (χ3n) is 2.23. The predicted octanol–water partition coefficient (Wildman–Crippen LogP) is 0.872. The van der Waals surface area contributed by atoms with Crippen LogP contribution in [-0.2, 0) is 11.3 Å². The van der Waals surface area contributed by atoms with Crippen molar-refractivity contribution in [2.24, 2.45) is 0 Å². The van der Waals surface area contributed by atoms with Crippen LogP contribution in [0.1, 0.15) is 5.56 Å². The van der Waals surface area contributed by atoms with Gasteiger partial charge in [0, 0.05) is 5.56 Å². The largest absolute Gasteiger partial charge is 0.480 e. The summed E-state index contributed by atoms with van der Waals surface area (Å²) in [5.74, 6) is -1.07. The first kappa shape index (κ1) is 11.2. The molecule has 2 aromatic rings. The van der Waals surface area contributed by atoms with E-state index in [0.29, 0.717) is 17.0 Å². The van der Waals surface area contributed by atoms with Gasteiger partial charge in [0.15, 0.2) is 5.82 Å². The van der Waals surface area contributed by atoms with Crippen LogP contribution in [0.5, 0.6) is 0 Å². The van der Waals surface area contributed by atoms with Crippen LogP contribution in [0.4, 0.5) is 4.39 Å². The van der Waals surface area contributed by atoms with E-state index < -0.39 is 5.97 Å². The first-order valence-corrected chi connectivity index (χ1v) is 4.82. The van der Waals surface area contributed by atoms with Crippen molar-refractivity contribution in [3.8, 4) is 11.4 Å². The minimum absolute atomic E-state index is 0.301. The minimum atomic E-state index is -1.04. The lowest BCUT2D eigenvalue weighted by Crippen LogP contribution is -2.11. The van der Waals surface area contributed by atoms with Crippen LogP contribution in [0.3, 0.4) is 0 Å². The molecule has 0 amide bonds. The van der Waals surface area contributed by atoms with Gasteiger partial charge in [-0.3, -0.25) is 4.79 Å². The van der Waals surface area contributed by atoms with Gasteiger partial charge in [-0.15, -0.1) is 5.10 Å². The van der Waals surface area contributed by atoms with E-state index in [1.165, 1.54) is 12.1 Å². The van der Waals surface area contributed by atoms with Gasteiger partial charge in [0.05, 0.1) is 0 Å². The molecular weight excluding hydrogens is 227 g/mol. The Morgan fingerprint density at radius 2 is 2.29 bits per heavy atom. The van der Waals surface area contributed by atoms with E-state index in [-0.39, 0.29) is 12.4 Å². The third-order valence-corrected chi connectivity index (χ3v) is 2.23. The topological polar surface area (TPSA) is 80.9 Å². The molecule has 0 bridgehead atoms. The summed E-state index contributed by atoms with van der Waals surface area (Å²) in [6.45, 7) is 1.28. The highest BCUT2D eigenvalue weighted by Gasteiger charge is 2.12. The van der Waals surface area contributed by atoms with Gasteiger partial charge in [-0.1, -0.05) is 0 Å². The number of benzene rings is 1. The molecule has 0 radical (unpaired) electrons. The maximum Gasteiger partial charge on any atom is 0.325 e. The van der Waals surface area contributed by atoms with Gasteiger partial charge in [0.1, 0.15) is 12.4 Å². The van der Waals surface area contributed by atoms with Crippen molar-refractivity contribution >= 4 is 5.97 Å². The fourth-order valence-electron chi connectivity index (χ4n) is 1.43. The van der Waals surface area contributed by atoms with Gasteiger partial charge in [0.25, 0.3) is 0 Å². The molecule has 1 aromatic carbocycles. The molecule has 0 spiro atoms. The van der Waals surface area contributed by atoms with Crippen molar-refractivity contribution < 1.29 is 14.3 Å². The molecule has 0 atom stereocenters. The van der Waals surface area contributed by atoms with Crippen LogP contribution < -0.4 is 0 Å². The molecule has 2 rings (SSSR count). The standard InChI is InChI=1S/C10H9FN4O2/c1-6-4-7(2-3-8(6)11)10-12-13-14-15(10)5-9(16)17/h2-4H,5H2,1H3,(H,16,17). The number of aromatic nitrogens is 4. The zero-order valence-electron chi connectivity index (χ0n) is 8.96. The molecule has 0 aliphatic rings. The first-order valence-electron chi connectivity index (χ1n) is 4.82. The van der Waals surface area contributed by atoms with E-state index in [4.69, 9.17) is 5.11 Å². The fraction of sp³-hybridized carbons (Fsp3) is 0.200. The van der Waals surface area contributed by atoms with Gasteiger partial charge in [-0.25, -0.2) is 9.07 Å². The second-order valence-electron chi connectivity index (χ2n) is 3.52. The highest BCUT2D eigenvalue weighted by molar-refractivity contribution is 5.67. The Labute approximate surface area is 95.7 Å². The molecular formula is C10H9FN4O2. The zero-order valence-corrected chi connectivity index (χ0v) is 8.96. The Balaban J connectivity index is 2.42. The Kier molecular flexibility index (Phi) is 2.82.